The van der Waals surface area contributed by atoms with Gasteiger partial charge in [0.2, 0.25) is 0 Å². The van der Waals surface area contributed by atoms with Crippen LogP contribution in [0.25, 0.3) is 0 Å². The molecule has 12 nitrogen and oxygen atoms in total. The molecule has 0 aliphatic heterocycles. The van der Waals surface area contributed by atoms with Gasteiger partial charge in [-0.05, 0) is 97.6 Å². The normalized spacial score (nSPS) is 29.9. The average Bonchev–Trinajstić information content (AvgIpc) is 3.73. The Morgan fingerprint density at radius 1 is 1.07 bits per heavy atom. The van der Waals surface area contributed by atoms with Gasteiger partial charge in [0, 0.05) is 49.9 Å². The summed E-state index contributed by atoms with van der Waals surface area (Å²) in [7, 11) is 0. The van der Waals surface area contributed by atoms with E-state index in [0.717, 1.165) is 36.8 Å². The fraction of sp³-hybridized carbons (Fsp3) is 0.513. The van der Waals surface area contributed by atoms with Crippen molar-refractivity contribution in [2.24, 2.45) is 28.6 Å². The maximum absolute atomic E-state index is 12.4. The van der Waals surface area contributed by atoms with Crippen LogP contribution in [0.1, 0.15) is 76.0 Å². The number of imidazole rings is 1. The first-order chi connectivity index (χ1) is 25.9. The maximum atomic E-state index is 12.4. The summed E-state index contributed by atoms with van der Waals surface area (Å²) in [5, 5.41) is 47.7. The summed E-state index contributed by atoms with van der Waals surface area (Å²) in [4.78, 5) is 36.7. The van der Waals surface area contributed by atoms with E-state index in [4.69, 9.17) is 66.5 Å². The predicted octanol–water partition coefficient (Wildman–Crippen LogP) is 7.89. The Kier molecular flexibility index (Phi) is 13.8. The lowest BCUT2D eigenvalue weighted by Gasteiger charge is -2.60. The molecule has 0 amide bonds. The molecule has 1 aromatic heterocycles. The van der Waals surface area contributed by atoms with E-state index in [1.807, 2.05) is 29.8 Å². The van der Waals surface area contributed by atoms with E-state index in [2.05, 4.69) is 11.9 Å². The summed E-state index contributed by atoms with van der Waals surface area (Å²) in [5.74, 6) is 0.140. The second-order valence-corrected chi connectivity index (χ2v) is 16.9. The first-order valence-corrected chi connectivity index (χ1v) is 19.5. The molecule has 1 heterocycles. The zero-order chi connectivity index (χ0) is 40.3. The highest BCUT2D eigenvalue weighted by molar-refractivity contribution is 6.35. The Bertz CT molecular complexity index is 1910. The van der Waals surface area contributed by atoms with Gasteiger partial charge in [-0.2, -0.15) is 0 Å². The van der Waals surface area contributed by atoms with Gasteiger partial charge in [-0.25, -0.2) is 4.98 Å². The van der Waals surface area contributed by atoms with E-state index in [9.17, 15) is 24.9 Å². The van der Waals surface area contributed by atoms with Crippen molar-refractivity contribution in [1.82, 2.24) is 9.55 Å². The highest BCUT2D eigenvalue weighted by Crippen LogP contribution is 2.67. The number of carbonyl (C=O) groups excluding carboxylic acids is 2. The van der Waals surface area contributed by atoms with Crippen LogP contribution in [0.5, 0.6) is 0 Å². The van der Waals surface area contributed by atoms with Crippen molar-refractivity contribution in [1.29, 1.82) is 0 Å². The van der Waals surface area contributed by atoms with E-state index in [1.165, 1.54) is 5.57 Å². The monoisotopic (exact) mass is 839 g/mol. The molecule has 0 spiro atoms. The topological polar surface area (TPSA) is 185 Å². The lowest BCUT2D eigenvalue weighted by Crippen LogP contribution is -2.62. The fourth-order valence-electron chi connectivity index (χ4n) is 9.70. The van der Waals surface area contributed by atoms with Crippen LogP contribution in [0.2, 0.25) is 20.1 Å². The smallest absolute Gasteiger partial charge is 0.291 e. The third-order valence-corrected chi connectivity index (χ3v) is 13.5. The summed E-state index contributed by atoms with van der Waals surface area (Å²) in [6.07, 6.45) is 10.8. The standard InChI is InChI=1S/C21H30O5.C18H14Cl4N2O.HNO3/c1-19-7-5-13(23)9-12(19)3-4-14-15-6-8-21(26,17(25)11-22)20(15,2)10-16(24)18(14)19;19-13-2-1-12(16(21)7-13)10-25-18(9-24-6-5-23-11-24)15-4-3-14(20)8-17(15)22;2-1(3)4/h9,14-16,18,22,24,26H,3-8,10-11H2,1-2H3;1-8,11,18H,9-10H2;(H,2,3,4)/t14-,15-,16-,18+,19-,20-,21-;;/m0../s1. The Morgan fingerprint density at radius 3 is 2.36 bits per heavy atom. The Hall–Kier alpha value is -3.07. The van der Waals surface area contributed by atoms with Gasteiger partial charge >= 0.3 is 0 Å². The van der Waals surface area contributed by atoms with E-state index in [0.29, 0.717) is 52.5 Å². The second-order valence-electron chi connectivity index (χ2n) is 15.3. The summed E-state index contributed by atoms with van der Waals surface area (Å²) in [6.45, 7) is 4.35. The minimum atomic E-state index is -1.54. The predicted molar refractivity (Wildman–Crippen MR) is 207 cm³/mol. The van der Waals surface area contributed by atoms with E-state index in [1.54, 1.807) is 42.9 Å². The van der Waals surface area contributed by atoms with E-state index >= 15 is 0 Å². The quantitative estimate of drug-likeness (QED) is 0.128. The van der Waals surface area contributed by atoms with Crippen molar-refractivity contribution in [3.8, 4) is 0 Å². The summed E-state index contributed by atoms with van der Waals surface area (Å²) in [6, 6.07) is 10.7. The molecule has 0 saturated heterocycles. The number of allylic oxidation sites excluding steroid dienone is 1. The number of aliphatic hydroxyl groups is 3. The largest absolute Gasteiger partial charge is 0.393 e. The molecular formula is C39H45Cl4N3O9. The number of carbonyl (C=O) groups is 2. The van der Waals surface area contributed by atoms with Crippen LogP contribution in [0.4, 0.5) is 0 Å². The molecule has 4 aliphatic carbocycles. The van der Waals surface area contributed by atoms with Crippen molar-refractivity contribution in [2.45, 2.75) is 89.8 Å². The third-order valence-electron chi connectivity index (χ3n) is 12.4. The summed E-state index contributed by atoms with van der Waals surface area (Å²) in [5.41, 5.74) is 0.473. The van der Waals surface area contributed by atoms with Crippen LogP contribution in [-0.4, -0.2) is 65.0 Å². The number of aliphatic hydroxyl groups excluding tert-OH is 2. The van der Waals surface area contributed by atoms with E-state index in [-0.39, 0.29) is 35.1 Å². The van der Waals surface area contributed by atoms with Crippen LogP contribution in [0, 0.1) is 38.7 Å². The Morgan fingerprint density at radius 2 is 1.75 bits per heavy atom. The molecule has 8 atom stereocenters. The van der Waals surface area contributed by atoms with Crippen molar-refractivity contribution < 1.29 is 39.9 Å². The number of ether oxygens (including phenoxy) is 1. The van der Waals surface area contributed by atoms with E-state index < -0.39 is 34.6 Å². The van der Waals surface area contributed by atoms with Crippen molar-refractivity contribution in [3.05, 3.63) is 108 Å². The molecule has 4 N–H and O–H groups in total. The maximum Gasteiger partial charge on any atom is 0.291 e. The number of hydrogen-bond donors (Lipinski definition) is 4. The zero-order valence-corrected chi connectivity index (χ0v) is 33.4. The van der Waals surface area contributed by atoms with Crippen LogP contribution in [0.3, 0.4) is 0 Å². The van der Waals surface area contributed by atoms with Crippen molar-refractivity contribution >= 4 is 58.0 Å². The third kappa shape index (κ3) is 9.07. The fourth-order valence-corrected chi connectivity index (χ4v) is 10.7. The molecular weight excluding hydrogens is 796 g/mol. The van der Waals surface area contributed by atoms with Crippen LogP contribution >= 0.6 is 46.4 Å². The molecule has 0 bridgehead atoms. The van der Waals surface area contributed by atoms with Crippen LogP contribution in [-0.2, 0) is 27.5 Å². The SMILES string of the molecule is C[C@]12CCC(=O)C=C1CC[C@@H]1[C@@H]2[C@@H](O)C[C@@]2(C)[C@H]1CC[C@]2(O)C(=O)CO.Clc1ccc(COC(Cn2ccnc2)c2ccc(Cl)cc2Cl)c(Cl)c1.O=[N+]([O-])O. The minimum absolute atomic E-state index is 0.0697. The molecule has 3 fully saturated rings. The highest BCUT2D eigenvalue weighted by Gasteiger charge is 2.68. The molecule has 298 valence electrons. The number of aromatic nitrogens is 2. The Balaban J connectivity index is 0.000000193. The zero-order valence-electron chi connectivity index (χ0n) is 30.4. The number of benzene rings is 2. The molecule has 55 heavy (non-hydrogen) atoms. The number of ketones is 2. The lowest BCUT2D eigenvalue weighted by atomic mass is 9.45. The molecule has 4 aliphatic rings. The number of halogens is 4. The van der Waals surface area contributed by atoms with Gasteiger partial charge in [0.25, 0.3) is 5.09 Å². The van der Waals surface area contributed by atoms with Gasteiger partial charge in [-0.3, -0.25) is 9.59 Å². The summed E-state index contributed by atoms with van der Waals surface area (Å²) >= 11 is 24.5. The number of nitrogens with zero attached hydrogens (tertiary/aromatic N) is 3. The highest BCUT2D eigenvalue weighted by atomic mass is 35.5. The van der Waals surface area contributed by atoms with Gasteiger partial charge < -0.3 is 29.8 Å². The number of hydrogen-bond acceptors (Lipinski definition) is 9. The number of Topliss-reactive ketones (excluding diaryl/α,β-unsaturated/α-hetero) is 1. The first kappa shape index (κ1) is 43.1. The molecule has 3 aromatic rings. The average molecular weight is 842 g/mol. The number of rotatable bonds is 8. The van der Waals surface area contributed by atoms with Gasteiger partial charge in [-0.15, -0.1) is 10.1 Å². The Labute approximate surface area is 339 Å². The van der Waals surface area contributed by atoms with Gasteiger partial charge in [-0.1, -0.05) is 78.0 Å². The molecule has 3 saturated carbocycles. The molecule has 16 heteroatoms. The van der Waals surface area contributed by atoms with Crippen LogP contribution < -0.4 is 0 Å². The van der Waals surface area contributed by atoms with Crippen LogP contribution in [0.15, 0.2) is 66.8 Å². The van der Waals surface area contributed by atoms with Gasteiger partial charge in [0.05, 0.1) is 25.6 Å². The van der Waals surface area contributed by atoms with Crippen molar-refractivity contribution in [3.63, 3.8) is 0 Å². The second kappa shape index (κ2) is 17.6. The first-order valence-electron chi connectivity index (χ1n) is 18.0. The van der Waals surface area contributed by atoms with Crippen molar-refractivity contribution in [2.75, 3.05) is 6.61 Å². The van der Waals surface area contributed by atoms with Gasteiger partial charge in [0.15, 0.2) is 11.6 Å². The minimum Gasteiger partial charge on any atom is -0.393 e. The molecule has 7 rings (SSSR count). The summed E-state index contributed by atoms with van der Waals surface area (Å²) < 4.78 is 8.05. The molecule has 1 unspecified atom stereocenters. The van der Waals surface area contributed by atoms with Gasteiger partial charge in [0.1, 0.15) is 18.3 Å². The lowest BCUT2D eigenvalue weighted by molar-refractivity contribution is -0.742. The molecule has 2 aromatic carbocycles. The number of fused-ring (bicyclic) bond motifs is 5. The molecule has 0 radical (unpaired) electrons.